The normalized spacial score (nSPS) is 17.4. The van der Waals surface area contributed by atoms with E-state index in [0.717, 1.165) is 11.8 Å². The minimum absolute atomic E-state index is 0.103. The molecule has 0 radical (unpaired) electrons. The standard InChI is InChI=1S/C23H19BrClN3O5S/c1-32-17-8-7-12(9-14(17)24)19-13(10-26)22(28-21(30)20(19)23(31)33-2)34-11-18(29)27-16-6-4-3-5-15(16)25/h3-9,19-20H,11H2,1-2H3,(H,27,29)(H,28,30)/t19-,20-/m1/s1. The third-order valence-electron chi connectivity index (χ3n) is 5.01. The van der Waals surface area contributed by atoms with Crippen LogP contribution in [0.4, 0.5) is 5.69 Å². The Kier molecular flexibility index (Phi) is 8.61. The van der Waals surface area contributed by atoms with E-state index in [1.165, 1.54) is 14.2 Å². The van der Waals surface area contributed by atoms with Gasteiger partial charge < -0.3 is 20.1 Å². The van der Waals surface area contributed by atoms with Gasteiger partial charge in [-0.2, -0.15) is 5.26 Å². The Balaban J connectivity index is 1.94. The molecule has 0 fully saturated rings. The number of nitrogens with zero attached hydrogens (tertiary/aromatic N) is 1. The van der Waals surface area contributed by atoms with Crippen LogP contribution in [0.1, 0.15) is 11.5 Å². The zero-order valence-corrected chi connectivity index (χ0v) is 21.2. The van der Waals surface area contributed by atoms with Crippen molar-refractivity contribution in [3.63, 3.8) is 0 Å². The molecule has 2 atom stereocenters. The lowest BCUT2D eigenvalue weighted by molar-refractivity contribution is -0.150. The number of amides is 2. The van der Waals surface area contributed by atoms with E-state index in [9.17, 15) is 19.6 Å². The summed E-state index contributed by atoms with van der Waals surface area (Å²) in [5, 5.41) is 15.8. The molecule has 34 heavy (non-hydrogen) atoms. The van der Waals surface area contributed by atoms with Crippen LogP contribution in [0.15, 0.2) is 57.5 Å². The summed E-state index contributed by atoms with van der Waals surface area (Å²) in [4.78, 5) is 37.9. The van der Waals surface area contributed by atoms with E-state index < -0.39 is 23.7 Å². The van der Waals surface area contributed by atoms with Crippen LogP contribution in [0.2, 0.25) is 5.02 Å². The fraction of sp³-hybridized carbons (Fsp3) is 0.217. The van der Waals surface area contributed by atoms with E-state index in [0.29, 0.717) is 26.5 Å². The second kappa shape index (κ2) is 11.4. The molecule has 0 bridgehead atoms. The zero-order valence-electron chi connectivity index (χ0n) is 18.1. The van der Waals surface area contributed by atoms with E-state index in [-0.39, 0.29) is 22.3 Å². The second-order valence-electron chi connectivity index (χ2n) is 7.03. The number of ether oxygens (including phenoxy) is 2. The molecule has 0 aliphatic carbocycles. The monoisotopic (exact) mass is 563 g/mol. The van der Waals surface area contributed by atoms with Crippen molar-refractivity contribution in [1.82, 2.24) is 5.32 Å². The van der Waals surface area contributed by atoms with E-state index in [2.05, 4.69) is 32.6 Å². The largest absolute Gasteiger partial charge is 0.496 e. The van der Waals surface area contributed by atoms with Crippen LogP contribution >= 0.6 is 39.3 Å². The molecule has 0 spiro atoms. The quantitative estimate of drug-likeness (QED) is 0.382. The Labute approximate surface area is 213 Å². The highest BCUT2D eigenvalue weighted by molar-refractivity contribution is 9.10. The third-order valence-corrected chi connectivity index (χ3v) is 6.98. The molecular formula is C23H19BrClN3O5S. The summed E-state index contributed by atoms with van der Waals surface area (Å²) in [6.07, 6.45) is 0. The number of esters is 1. The first-order chi connectivity index (χ1) is 16.3. The van der Waals surface area contributed by atoms with Gasteiger partial charge in [0.15, 0.2) is 0 Å². The van der Waals surface area contributed by atoms with Gasteiger partial charge in [-0.1, -0.05) is 41.6 Å². The van der Waals surface area contributed by atoms with E-state index >= 15 is 0 Å². The van der Waals surface area contributed by atoms with Crippen LogP contribution in [0.5, 0.6) is 5.75 Å². The minimum atomic E-state index is -1.28. The summed E-state index contributed by atoms with van der Waals surface area (Å²) < 4.78 is 10.7. The smallest absolute Gasteiger partial charge is 0.319 e. The number of hydrogen-bond donors (Lipinski definition) is 2. The number of para-hydroxylation sites is 1. The van der Waals surface area contributed by atoms with Crippen LogP contribution in [0, 0.1) is 17.2 Å². The number of benzene rings is 2. The number of methoxy groups -OCH3 is 2. The summed E-state index contributed by atoms with van der Waals surface area (Å²) in [7, 11) is 2.68. The Hall–Kier alpha value is -3.00. The maximum Gasteiger partial charge on any atom is 0.319 e. The molecule has 1 aliphatic rings. The van der Waals surface area contributed by atoms with Crippen LogP contribution in [0.25, 0.3) is 0 Å². The number of carbonyl (C=O) groups excluding carboxylic acids is 3. The summed E-state index contributed by atoms with van der Waals surface area (Å²) in [5.74, 6) is -3.53. The number of rotatable bonds is 7. The predicted molar refractivity (Wildman–Crippen MR) is 132 cm³/mol. The molecule has 11 heteroatoms. The van der Waals surface area contributed by atoms with Gasteiger partial charge in [0.05, 0.1) is 51.8 Å². The molecule has 176 valence electrons. The SMILES string of the molecule is COC(=O)[C@H]1C(=O)NC(SCC(=O)Nc2ccccc2Cl)=C(C#N)[C@H]1c1ccc(OC)c(Br)c1. The van der Waals surface area contributed by atoms with Crippen molar-refractivity contribution < 1.29 is 23.9 Å². The topological polar surface area (TPSA) is 118 Å². The lowest BCUT2D eigenvalue weighted by atomic mass is 9.78. The summed E-state index contributed by atoms with van der Waals surface area (Å²) >= 11 is 10.5. The first-order valence-electron chi connectivity index (χ1n) is 9.84. The van der Waals surface area contributed by atoms with E-state index in [4.69, 9.17) is 21.1 Å². The fourth-order valence-electron chi connectivity index (χ4n) is 3.44. The van der Waals surface area contributed by atoms with Gasteiger partial charge in [-0.05, 0) is 45.8 Å². The molecule has 1 aliphatic heterocycles. The first-order valence-corrected chi connectivity index (χ1v) is 12.0. The van der Waals surface area contributed by atoms with Crippen molar-refractivity contribution in [3.8, 4) is 11.8 Å². The number of thioether (sulfide) groups is 1. The number of hydrogen-bond acceptors (Lipinski definition) is 7. The molecule has 0 saturated carbocycles. The number of halogens is 2. The summed E-state index contributed by atoms with van der Waals surface area (Å²) in [6, 6.07) is 13.9. The number of allylic oxidation sites excluding steroid dienone is 1. The van der Waals surface area contributed by atoms with Crippen LogP contribution in [-0.2, 0) is 19.1 Å². The molecule has 2 aromatic carbocycles. The van der Waals surface area contributed by atoms with Crippen LogP contribution in [0.3, 0.4) is 0 Å². The van der Waals surface area contributed by atoms with E-state index in [1.54, 1.807) is 42.5 Å². The van der Waals surface area contributed by atoms with Crippen molar-refractivity contribution in [2.45, 2.75) is 5.92 Å². The number of anilines is 1. The average molecular weight is 565 g/mol. The Morgan fingerprint density at radius 2 is 2.00 bits per heavy atom. The van der Waals surface area contributed by atoms with Crippen molar-refractivity contribution in [2.75, 3.05) is 25.3 Å². The fourth-order valence-corrected chi connectivity index (χ4v) is 5.03. The maximum atomic E-state index is 12.9. The van der Waals surface area contributed by atoms with Crippen LogP contribution < -0.4 is 15.4 Å². The number of nitrogens with one attached hydrogen (secondary N) is 2. The molecule has 0 aromatic heterocycles. The van der Waals surface area contributed by atoms with Gasteiger partial charge in [0.2, 0.25) is 11.8 Å². The van der Waals surface area contributed by atoms with Gasteiger partial charge in [0.25, 0.3) is 0 Å². The molecule has 2 amide bonds. The molecular weight excluding hydrogens is 546 g/mol. The molecule has 1 heterocycles. The number of carbonyl (C=O) groups is 3. The predicted octanol–water partition coefficient (Wildman–Crippen LogP) is 4.22. The van der Waals surface area contributed by atoms with Crippen molar-refractivity contribution >= 4 is 62.8 Å². The second-order valence-corrected chi connectivity index (χ2v) is 9.28. The highest BCUT2D eigenvalue weighted by Gasteiger charge is 2.44. The van der Waals surface area contributed by atoms with Gasteiger partial charge in [-0.3, -0.25) is 14.4 Å². The zero-order chi connectivity index (χ0) is 24.8. The van der Waals surface area contributed by atoms with Gasteiger partial charge in [0, 0.05) is 5.92 Å². The molecule has 0 saturated heterocycles. The Morgan fingerprint density at radius 1 is 1.26 bits per heavy atom. The van der Waals surface area contributed by atoms with Gasteiger partial charge in [-0.25, -0.2) is 0 Å². The van der Waals surface area contributed by atoms with Gasteiger partial charge in [0.1, 0.15) is 11.7 Å². The lowest BCUT2D eigenvalue weighted by Gasteiger charge is -2.31. The number of nitriles is 1. The van der Waals surface area contributed by atoms with Gasteiger partial charge in [-0.15, -0.1) is 0 Å². The average Bonchev–Trinajstić information content (AvgIpc) is 2.83. The van der Waals surface area contributed by atoms with Crippen molar-refractivity contribution in [3.05, 3.63) is 68.1 Å². The minimum Gasteiger partial charge on any atom is -0.496 e. The first kappa shape index (κ1) is 25.6. The Morgan fingerprint density at radius 3 is 2.62 bits per heavy atom. The maximum absolute atomic E-state index is 12.9. The van der Waals surface area contributed by atoms with Crippen molar-refractivity contribution in [2.24, 2.45) is 5.92 Å². The highest BCUT2D eigenvalue weighted by Crippen LogP contribution is 2.42. The lowest BCUT2D eigenvalue weighted by Crippen LogP contribution is -2.44. The van der Waals surface area contributed by atoms with Crippen LogP contribution in [-0.4, -0.2) is 37.8 Å². The van der Waals surface area contributed by atoms with Gasteiger partial charge >= 0.3 is 5.97 Å². The Bertz CT molecular complexity index is 1210. The molecule has 2 N–H and O–H groups in total. The highest BCUT2D eigenvalue weighted by atomic mass is 79.9. The summed E-state index contributed by atoms with van der Waals surface area (Å²) in [6.45, 7) is 0. The molecule has 2 aromatic rings. The molecule has 3 rings (SSSR count). The third kappa shape index (κ3) is 5.55. The van der Waals surface area contributed by atoms with Crippen molar-refractivity contribution in [1.29, 1.82) is 5.26 Å². The summed E-state index contributed by atoms with van der Waals surface area (Å²) in [5.41, 5.74) is 1.12. The molecule has 0 unspecified atom stereocenters. The van der Waals surface area contributed by atoms with E-state index in [1.807, 2.05) is 0 Å². The molecule has 8 nitrogen and oxygen atoms in total.